The van der Waals surface area contributed by atoms with Crippen molar-refractivity contribution in [2.75, 3.05) is 14.1 Å². The van der Waals surface area contributed by atoms with Crippen molar-refractivity contribution in [3.8, 4) is 5.82 Å². The molecule has 0 saturated carbocycles. The predicted octanol–water partition coefficient (Wildman–Crippen LogP) is 2.12. The number of aromatic nitrogens is 3. The number of rotatable bonds is 2. The summed E-state index contributed by atoms with van der Waals surface area (Å²) in [6.07, 6.45) is 3.33. The van der Waals surface area contributed by atoms with Gasteiger partial charge < -0.3 is 4.90 Å². The van der Waals surface area contributed by atoms with Crippen LogP contribution in [0.1, 0.15) is 10.4 Å². The monoisotopic (exact) mass is 266 g/mol. The average Bonchev–Trinajstić information content (AvgIpc) is 2.90. The van der Waals surface area contributed by atoms with Gasteiger partial charge in [-0.25, -0.2) is 9.97 Å². The quantitative estimate of drug-likeness (QED) is 0.714. The van der Waals surface area contributed by atoms with Gasteiger partial charge in [0.05, 0.1) is 16.6 Å². The molecule has 0 unspecified atom stereocenters. The van der Waals surface area contributed by atoms with E-state index in [1.807, 2.05) is 34.9 Å². The molecule has 0 spiro atoms. The smallest absolute Gasteiger partial charge is 0.254 e. The van der Waals surface area contributed by atoms with Crippen LogP contribution >= 0.6 is 0 Å². The van der Waals surface area contributed by atoms with Crippen molar-refractivity contribution in [1.29, 1.82) is 0 Å². The van der Waals surface area contributed by atoms with Crippen LogP contribution in [0.2, 0.25) is 0 Å². The lowest BCUT2D eigenvalue weighted by Gasteiger charge is -2.10. The van der Waals surface area contributed by atoms with Gasteiger partial charge in [0.1, 0.15) is 12.1 Å². The topological polar surface area (TPSA) is 51.0 Å². The second-order valence-electron chi connectivity index (χ2n) is 4.71. The van der Waals surface area contributed by atoms with Crippen molar-refractivity contribution in [2.45, 2.75) is 0 Å². The molecule has 0 saturated heterocycles. The summed E-state index contributed by atoms with van der Waals surface area (Å²) in [5.74, 6) is 0.688. The third-order valence-electron chi connectivity index (χ3n) is 3.10. The van der Waals surface area contributed by atoms with Gasteiger partial charge in [-0.15, -0.1) is 0 Å². The molecule has 20 heavy (non-hydrogen) atoms. The highest BCUT2D eigenvalue weighted by Gasteiger charge is 2.09. The minimum Gasteiger partial charge on any atom is -0.345 e. The van der Waals surface area contributed by atoms with Gasteiger partial charge in [-0.05, 0) is 24.3 Å². The maximum absolute atomic E-state index is 11.8. The molecule has 5 nitrogen and oxygen atoms in total. The van der Waals surface area contributed by atoms with Crippen molar-refractivity contribution in [1.82, 2.24) is 19.4 Å². The summed E-state index contributed by atoms with van der Waals surface area (Å²) < 4.78 is 1.90. The highest BCUT2D eigenvalue weighted by atomic mass is 16.2. The van der Waals surface area contributed by atoms with Gasteiger partial charge in [0, 0.05) is 20.3 Å². The summed E-state index contributed by atoms with van der Waals surface area (Å²) in [5, 5.41) is 0. The molecule has 0 aliphatic rings. The van der Waals surface area contributed by atoms with Crippen molar-refractivity contribution < 1.29 is 4.79 Å². The molecule has 1 amide bonds. The Bertz CT molecular complexity index is 759. The maximum Gasteiger partial charge on any atom is 0.254 e. The van der Waals surface area contributed by atoms with Gasteiger partial charge in [0.15, 0.2) is 0 Å². The van der Waals surface area contributed by atoms with E-state index in [1.54, 1.807) is 32.7 Å². The predicted molar refractivity (Wildman–Crippen MR) is 76.9 cm³/mol. The molecule has 0 aliphatic heterocycles. The molecule has 0 N–H and O–H groups in total. The molecule has 0 bridgehead atoms. The Kier molecular flexibility index (Phi) is 2.95. The molecule has 1 aromatic carbocycles. The van der Waals surface area contributed by atoms with E-state index in [9.17, 15) is 4.79 Å². The Hall–Kier alpha value is -2.69. The summed E-state index contributed by atoms with van der Waals surface area (Å²) in [6.45, 7) is 0. The summed E-state index contributed by atoms with van der Waals surface area (Å²) in [4.78, 5) is 22.0. The second-order valence-corrected chi connectivity index (χ2v) is 4.71. The number of benzene rings is 1. The lowest BCUT2D eigenvalue weighted by atomic mass is 10.2. The van der Waals surface area contributed by atoms with E-state index in [2.05, 4.69) is 9.97 Å². The standard InChI is InChI=1S/C15H14N4O/c1-18(2)15(20)11-7-8-14(16-9-11)19-10-17-12-5-3-4-6-13(12)19/h3-10H,1-2H3. The number of nitrogens with zero attached hydrogens (tertiary/aromatic N) is 4. The fourth-order valence-electron chi connectivity index (χ4n) is 2.06. The molecule has 0 radical (unpaired) electrons. The average molecular weight is 266 g/mol. The van der Waals surface area contributed by atoms with Crippen LogP contribution in [0.4, 0.5) is 0 Å². The van der Waals surface area contributed by atoms with Crippen LogP contribution in [0.5, 0.6) is 0 Å². The fraction of sp³-hybridized carbons (Fsp3) is 0.133. The van der Waals surface area contributed by atoms with Gasteiger partial charge in [-0.3, -0.25) is 9.36 Å². The Morgan fingerprint density at radius 3 is 2.60 bits per heavy atom. The number of hydrogen-bond donors (Lipinski definition) is 0. The first-order valence-corrected chi connectivity index (χ1v) is 6.27. The molecule has 100 valence electrons. The van der Waals surface area contributed by atoms with Gasteiger partial charge in [-0.1, -0.05) is 12.1 Å². The van der Waals surface area contributed by atoms with E-state index in [1.165, 1.54) is 4.90 Å². The lowest BCUT2D eigenvalue weighted by Crippen LogP contribution is -2.21. The van der Waals surface area contributed by atoms with E-state index in [-0.39, 0.29) is 5.91 Å². The second kappa shape index (κ2) is 4.77. The van der Waals surface area contributed by atoms with E-state index in [0.29, 0.717) is 5.56 Å². The molecular formula is C15H14N4O. The first-order chi connectivity index (χ1) is 9.66. The molecule has 0 fully saturated rings. The van der Waals surface area contributed by atoms with Crippen LogP contribution in [0.3, 0.4) is 0 Å². The minimum atomic E-state index is -0.0560. The van der Waals surface area contributed by atoms with E-state index in [4.69, 9.17) is 0 Å². The van der Waals surface area contributed by atoms with Crippen molar-refractivity contribution in [3.05, 3.63) is 54.5 Å². The Labute approximate surface area is 116 Å². The van der Waals surface area contributed by atoms with Crippen LogP contribution in [-0.2, 0) is 0 Å². The highest BCUT2D eigenvalue weighted by Crippen LogP contribution is 2.16. The number of hydrogen-bond acceptors (Lipinski definition) is 3. The molecular weight excluding hydrogens is 252 g/mol. The Morgan fingerprint density at radius 2 is 1.90 bits per heavy atom. The summed E-state index contributed by atoms with van der Waals surface area (Å²) in [5.41, 5.74) is 2.48. The SMILES string of the molecule is CN(C)C(=O)c1ccc(-n2cnc3ccccc32)nc1. The van der Waals surface area contributed by atoms with Crippen LogP contribution in [0, 0.1) is 0 Å². The number of fused-ring (bicyclic) bond motifs is 1. The Morgan fingerprint density at radius 1 is 1.10 bits per heavy atom. The number of para-hydroxylation sites is 2. The van der Waals surface area contributed by atoms with Crippen LogP contribution in [0.25, 0.3) is 16.9 Å². The van der Waals surface area contributed by atoms with E-state index < -0.39 is 0 Å². The number of carbonyl (C=O) groups excluding carboxylic acids is 1. The maximum atomic E-state index is 11.8. The minimum absolute atomic E-state index is 0.0560. The molecule has 2 aromatic heterocycles. The van der Waals surface area contributed by atoms with E-state index in [0.717, 1.165) is 16.9 Å². The highest BCUT2D eigenvalue weighted by molar-refractivity contribution is 5.93. The Balaban J connectivity index is 2.01. The van der Waals surface area contributed by atoms with Crippen LogP contribution < -0.4 is 0 Å². The number of pyridine rings is 1. The molecule has 2 heterocycles. The van der Waals surface area contributed by atoms with Crippen molar-refractivity contribution in [3.63, 3.8) is 0 Å². The molecule has 0 aliphatic carbocycles. The summed E-state index contributed by atoms with van der Waals surface area (Å²) >= 11 is 0. The number of amides is 1. The van der Waals surface area contributed by atoms with Gasteiger partial charge in [0.25, 0.3) is 5.91 Å². The summed E-state index contributed by atoms with van der Waals surface area (Å²) in [6, 6.07) is 11.5. The zero-order valence-electron chi connectivity index (χ0n) is 11.3. The fourth-order valence-corrected chi connectivity index (χ4v) is 2.06. The third-order valence-corrected chi connectivity index (χ3v) is 3.10. The molecule has 3 rings (SSSR count). The molecule has 3 aromatic rings. The van der Waals surface area contributed by atoms with Crippen molar-refractivity contribution in [2.24, 2.45) is 0 Å². The van der Waals surface area contributed by atoms with E-state index >= 15 is 0 Å². The van der Waals surface area contributed by atoms with Crippen LogP contribution in [0.15, 0.2) is 48.9 Å². The third kappa shape index (κ3) is 2.03. The lowest BCUT2D eigenvalue weighted by molar-refractivity contribution is 0.0827. The first kappa shape index (κ1) is 12.3. The van der Waals surface area contributed by atoms with Gasteiger partial charge >= 0.3 is 0 Å². The molecule has 0 atom stereocenters. The zero-order chi connectivity index (χ0) is 14.1. The number of imidazole rings is 1. The first-order valence-electron chi connectivity index (χ1n) is 6.27. The zero-order valence-corrected chi connectivity index (χ0v) is 11.3. The van der Waals surface area contributed by atoms with Crippen LogP contribution in [-0.4, -0.2) is 39.4 Å². The molecule has 5 heteroatoms. The van der Waals surface area contributed by atoms with Gasteiger partial charge in [-0.2, -0.15) is 0 Å². The van der Waals surface area contributed by atoms with Crippen molar-refractivity contribution >= 4 is 16.9 Å². The number of carbonyl (C=O) groups is 1. The normalized spacial score (nSPS) is 10.7. The largest absolute Gasteiger partial charge is 0.345 e. The van der Waals surface area contributed by atoms with Gasteiger partial charge in [0.2, 0.25) is 0 Å². The summed E-state index contributed by atoms with van der Waals surface area (Å²) in [7, 11) is 3.44.